The van der Waals surface area contributed by atoms with E-state index in [4.69, 9.17) is 10.00 Å². The fourth-order valence-electron chi connectivity index (χ4n) is 1.94. The van der Waals surface area contributed by atoms with Crippen LogP contribution >= 0.6 is 0 Å². The third-order valence-corrected chi connectivity index (χ3v) is 2.90. The first kappa shape index (κ1) is 14.0. The van der Waals surface area contributed by atoms with E-state index in [0.29, 0.717) is 25.3 Å². The van der Waals surface area contributed by atoms with Crippen molar-refractivity contribution in [3.05, 3.63) is 29.8 Å². The van der Waals surface area contributed by atoms with Gasteiger partial charge in [-0.15, -0.1) is 0 Å². The quantitative estimate of drug-likeness (QED) is 0.769. The van der Waals surface area contributed by atoms with Crippen LogP contribution in [0.1, 0.15) is 5.56 Å². The van der Waals surface area contributed by atoms with E-state index in [0.717, 1.165) is 5.56 Å². The van der Waals surface area contributed by atoms with Gasteiger partial charge >= 0.3 is 0 Å². The van der Waals surface area contributed by atoms with Crippen LogP contribution in [-0.4, -0.2) is 43.0 Å². The third kappa shape index (κ3) is 4.07. The summed E-state index contributed by atoms with van der Waals surface area (Å²) in [6, 6.07) is 9.38. The van der Waals surface area contributed by atoms with Crippen LogP contribution in [-0.2, 0) is 16.0 Å². The van der Waals surface area contributed by atoms with Crippen molar-refractivity contribution in [1.29, 1.82) is 5.26 Å². The van der Waals surface area contributed by atoms with Crippen molar-refractivity contribution in [2.75, 3.05) is 26.2 Å². The van der Waals surface area contributed by atoms with Crippen LogP contribution in [0, 0.1) is 11.3 Å². The Balaban J connectivity index is 1.76. The van der Waals surface area contributed by atoms with Crippen molar-refractivity contribution in [3.63, 3.8) is 0 Å². The molecular formula is C14H15N3O3. The molecule has 0 atom stereocenters. The monoisotopic (exact) mass is 273 g/mol. The van der Waals surface area contributed by atoms with Crippen LogP contribution in [0.25, 0.3) is 0 Å². The van der Waals surface area contributed by atoms with Gasteiger partial charge in [0.15, 0.2) is 0 Å². The highest BCUT2D eigenvalue weighted by Crippen LogP contribution is 2.12. The second kappa shape index (κ2) is 6.68. The number of rotatable bonds is 5. The van der Waals surface area contributed by atoms with Crippen LogP contribution in [0.5, 0.6) is 5.75 Å². The maximum atomic E-state index is 11.2. The highest BCUT2D eigenvalue weighted by molar-refractivity contribution is 5.99. The number of imide groups is 1. The molecule has 2 rings (SSSR count). The summed E-state index contributed by atoms with van der Waals surface area (Å²) in [7, 11) is 0. The van der Waals surface area contributed by atoms with E-state index in [-0.39, 0.29) is 24.9 Å². The number of hydrogen-bond acceptors (Lipinski definition) is 5. The molecule has 0 radical (unpaired) electrons. The number of hydrogen-bond donors (Lipinski definition) is 1. The Morgan fingerprint density at radius 3 is 2.45 bits per heavy atom. The summed E-state index contributed by atoms with van der Waals surface area (Å²) >= 11 is 0. The Bertz CT molecular complexity index is 518. The number of ether oxygens (including phenoxy) is 1. The third-order valence-electron chi connectivity index (χ3n) is 2.90. The molecule has 6 nitrogen and oxygen atoms in total. The molecule has 0 aromatic heterocycles. The molecule has 1 aliphatic heterocycles. The zero-order valence-electron chi connectivity index (χ0n) is 11.0. The van der Waals surface area contributed by atoms with Crippen LogP contribution in [0.3, 0.4) is 0 Å². The van der Waals surface area contributed by atoms with Gasteiger partial charge in [0.2, 0.25) is 11.8 Å². The number of nitrogens with one attached hydrogen (secondary N) is 1. The van der Waals surface area contributed by atoms with E-state index in [1.165, 1.54) is 0 Å². The van der Waals surface area contributed by atoms with Gasteiger partial charge in [-0.1, -0.05) is 12.1 Å². The molecule has 0 unspecified atom stereocenters. The van der Waals surface area contributed by atoms with E-state index in [1.807, 2.05) is 12.1 Å². The van der Waals surface area contributed by atoms with Gasteiger partial charge in [-0.05, 0) is 17.7 Å². The Hall–Kier alpha value is -2.39. The van der Waals surface area contributed by atoms with Gasteiger partial charge in [0.25, 0.3) is 0 Å². The Labute approximate surface area is 116 Å². The maximum Gasteiger partial charge on any atom is 0.240 e. The molecule has 1 aromatic carbocycles. The van der Waals surface area contributed by atoms with Crippen molar-refractivity contribution in [2.24, 2.45) is 0 Å². The Morgan fingerprint density at radius 2 is 1.85 bits per heavy atom. The lowest BCUT2D eigenvalue weighted by atomic mass is 10.2. The van der Waals surface area contributed by atoms with Gasteiger partial charge < -0.3 is 4.74 Å². The second-order valence-electron chi connectivity index (χ2n) is 4.51. The fourth-order valence-corrected chi connectivity index (χ4v) is 1.94. The molecule has 104 valence electrons. The molecule has 0 spiro atoms. The SMILES string of the molecule is N#CCc1ccc(OCCN2CC(=O)NC(=O)C2)cc1. The predicted octanol–water partition coefficient (Wildman–Crippen LogP) is 0.0899. The number of amides is 2. The van der Waals surface area contributed by atoms with Gasteiger partial charge in [0.1, 0.15) is 12.4 Å². The minimum atomic E-state index is -0.276. The van der Waals surface area contributed by atoms with Crippen molar-refractivity contribution < 1.29 is 14.3 Å². The van der Waals surface area contributed by atoms with E-state index >= 15 is 0 Å². The van der Waals surface area contributed by atoms with Crippen LogP contribution in [0.4, 0.5) is 0 Å². The molecule has 2 amide bonds. The van der Waals surface area contributed by atoms with Gasteiger partial charge in [-0.3, -0.25) is 19.8 Å². The number of carbonyl (C=O) groups is 2. The van der Waals surface area contributed by atoms with E-state index in [9.17, 15) is 9.59 Å². The molecule has 0 saturated carbocycles. The van der Waals surface area contributed by atoms with Crippen molar-refractivity contribution in [3.8, 4) is 11.8 Å². The summed E-state index contributed by atoms with van der Waals surface area (Å²) in [5.74, 6) is 0.156. The lowest BCUT2D eigenvalue weighted by Crippen LogP contribution is -2.52. The summed E-state index contributed by atoms with van der Waals surface area (Å²) in [6.45, 7) is 1.35. The number of carbonyl (C=O) groups excluding carboxylic acids is 2. The second-order valence-corrected chi connectivity index (χ2v) is 4.51. The van der Waals surface area contributed by atoms with Crippen LogP contribution in [0.2, 0.25) is 0 Å². The van der Waals surface area contributed by atoms with E-state index in [2.05, 4.69) is 11.4 Å². The highest BCUT2D eigenvalue weighted by Gasteiger charge is 2.21. The van der Waals surface area contributed by atoms with E-state index in [1.54, 1.807) is 17.0 Å². The van der Waals surface area contributed by atoms with Crippen molar-refractivity contribution in [1.82, 2.24) is 10.2 Å². The zero-order chi connectivity index (χ0) is 14.4. The Morgan fingerprint density at radius 1 is 1.20 bits per heavy atom. The van der Waals surface area contributed by atoms with Gasteiger partial charge in [-0.2, -0.15) is 5.26 Å². The average molecular weight is 273 g/mol. The molecule has 1 saturated heterocycles. The zero-order valence-corrected chi connectivity index (χ0v) is 11.0. The molecular weight excluding hydrogens is 258 g/mol. The average Bonchev–Trinajstić information content (AvgIpc) is 2.40. The number of benzene rings is 1. The standard InChI is InChI=1S/C14H15N3O3/c15-6-5-11-1-3-12(4-2-11)20-8-7-17-9-13(18)16-14(19)10-17/h1-4H,5,7-10H2,(H,16,18,19). The molecule has 1 heterocycles. The van der Waals surface area contributed by atoms with Gasteiger partial charge in [0, 0.05) is 6.54 Å². The van der Waals surface area contributed by atoms with Crippen LogP contribution < -0.4 is 10.1 Å². The molecule has 1 N–H and O–H groups in total. The van der Waals surface area contributed by atoms with Crippen LogP contribution in [0.15, 0.2) is 24.3 Å². The molecule has 0 aliphatic carbocycles. The summed E-state index contributed by atoms with van der Waals surface area (Å²) in [6.07, 6.45) is 0.380. The first-order valence-electron chi connectivity index (χ1n) is 6.31. The van der Waals surface area contributed by atoms with E-state index < -0.39 is 0 Å². The largest absolute Gasteiger partial charge is 0.492 e. The molecule has 0 bridgehead atoms. The summed E-state index contributed by atoms with van der Waals surface area (Å²) in [5.41, 5.74) is 0.943. The molecule has 6 heteroatoms. The molecule has 1 aromatic rings. The number of nitriles is 1. The first-order valence-corrected chi connectivity index (χ1v) is 6.31. The molecule has 1 aliphatic rings. The van der Waals surface area contributed by atoms with Gasteiger partial charge in [-0.25, -0.2) is 0 Å². The molecule has 20 heavy (non-hydrogen) atoms. The summed E-state index contributed by atoms with van der Waals surface area (Å²) in [4.78, 5) is 24.1. The minimum Gasteiger partial charge on any atom is -0.492 e. The topological polar surface area (TPSA) is 82.4 Å². The van der Waals surface area contributed by atoms with Crippen molar-refractivity contribution >= 4 is 11.8 Å². The maximum absolute atomic E-state index is 11.2. The fraction of sp³-hybridized carbons (Fsp3) is 0.357. The normalized spacial score (nSPS) is 15.6. The summed E-state index contributed by atoms with van der Waals surface area (Å²) in [5, 5.41) is 10.8. The number of piperazine rings is 1. The van der Waals surface area contributed by atoms with Gasteiger partial charge in [0.05, 0.1) is 25.6 Å². The highest BCUT2D eigenvalue weighted by atomic mass is 16.5. The lowest BCUT2D eigenvalue weighted by Gasteiger charge is -2.24. The van der Waals surface area contributed by atoms with Crippen molar-refractivity contribution in [2.45, 2.75) is 6.42 Å². The first-order chi connectivity index (χ1) is 9.67. The smallest absolute Gasteiger partial charge is 0.240 e. The minimum absolute atomic E-state index is 0.218. The Kier molecular flexibility index (Phi) is 4.69. The molecule has 1 fully saturated rings. The number of nitrogens with zero attached hydrogens (tertiary/aromatic N) is 2. The lowest BCUT2D eigenvalue weighted by molar-refractivity contribution is -0.136. The predicted molar refractivity (Wildman–Crippen MR) is 70.8 cm³/mol. The summed E-state index contributed by atoms with van der Waals surface area (Å²) < 4.78 is 5.54.